The van der Waals surface area contributed by atoms with Crippen LogP contribution in [0.5, 0.6) is 0 Å². The summed E-state index contributed by atoms with van der Waals surface area (Å²) < 4.78 is 1.45. The fourth-order valence-corrected chi connectivity index (χ4v) is 24.1. The molecule has 0 nitrogen and oxygen atoms in total. The summed E-state index contributed by atoms with van der Waals surface area (Å²) in [7, 11) is 15.2. The SMILES string of the molecule is CCCCC1=Cc2c(ccc(C(C)C)c2-c2ccccc2C(C)C)[CH]1[Zr]([Cl])([Cl])[c]1cccc2c1[SiH2]c1ccccc1-2. The first-order valence-corrected chi connectivity index (χ1v) is 25.7. The molecule has 0 spiro atoms. The van der Waals surface area contributed by atoms with Crippen molar-refractivity contribution in [3.05, 3.63) is 107 Å². The van der Waals surface area contributed by atoms with Crippen molar-refractivity contribution in [1.29, 1.82) is 0 Å². The zero-order valence-electron chi connectivity index (χ0n) is 24.9. The first-order chi connectivity index (χ1) is 19.7. The van der Waals surface area contributed by atoms with E-state index < -0.39 is 27.4 Å². The van der Waals surface area contributed by atoms with E-state index in [1.165, 1.54) is 63.7 Å². The summed E-state index contributed by atoms with van der Waals surface area (Å²) in [6.45, 7) is 11.5. The molecule has 0 saturated carbocycles. The van der Waals surface area contributed by atoms with Gasteiger partial charge in [-0.3, -0.25) is 0 Å². The van der Waals surface area contributed by atoms with Gasteiger partial charge in [0.25, 0.3) is 0 Å². The maximum absolute atomic E-state index is 7.94. The predicted molar refractivity (Wildman–Crippen MR) is 181 cm³/mol. The fraction of sp³-hybridized carbons (Fsp3) is 0.297. The molecule has 1 atom stereocenters. The zero-order chi connectivity index (χ0) is 28.9. The molecular formula is C37H40Cl2SiZr. The number of hydrogen-bond donors (Lipinski definition) is 0. The molecule has 41 heavy (non-hydrogen) atoms. The first kappa shape index (κ1) is 29.4. The van der Waals surface area contributed by atoms with Crippen molar-refractivity contribution in [2.45, 2.75) is 69.3 Å². The van der Waals surface area contributed by atoms with Gasteiger partial charge in [0.2, 0.25) is 0 Å². The normalized spacial score (nSPS) is 16.3. The molecule has 210 valence electrons. The van der Waals surface area contributed by atoms with E-state index in [0.717, 1.165) is 19.3 Å². The van der Waals surface area contributed by atoms with E-state index in [4.69, 9.17) is 17.0 Å². The van der Waals surface area contributed by atoms with Crippen LogP contribution < -0.4 is 13.6 Å². The van der Waals surface area contributed by atoms with E-state index in [-0.39, 0.29) is 3.63 Å². The average Bonchev–Trinajstić information content (AvgIpc) is 3.54. The van der Waals surface area contributed by atoms with Gasteiger partial charge in [0.1, 0.15) is 0 Å². The second-order valence-electron chi connectivity index (χ2n) is 12.5. The van der Waals surface area contributed by atoms with Crippen molar-refractivity contribution in [1.82, 2.24) is 0 Å². The maximum atomic E-state index is 7.94. The summed E-state index contributed by atoms with van der Waals surface area (Å²) in [5.41, 5.74) is 12.6. The molecule has 2 aliphatic rings. The summed E-state index contributed by atoms with van der Waals surface area (Å²) >= 11 is -3.99. The Balaban J connectivity index is 1.56. The molecule has 0 N–H and O–H groups in total. The Morgan fingerprint density at radius 3 is 2.17 bits per heavy atom. The molecule has 0 radical (unpaired) electrons. The van der Waals surface area contributed by atoms with Crippen molar-refractivity contribution in [3.8, 4) is 22.3 Å². The molecule has 1 heterocycles. The van der Waals surface area contributed by atoms with Crippen molar-refractivity contribution in [2.24, 2.45) is 0 Å². The van der Waals surface area contributed by atoms with Crippen LogP contribution in [0.2, 0.25) is 0 Å². The number of unbranched alkanes of at least 4 members (excludes halogenated alkanes) is 1. The van der Waals surface area contributed by atoms with Gasteiger partial charge < -0.3 is 0 Å². The van der Waals surface area contributed by atoms with Crippen molar-refractivity contribution in [3.63, 3.8) is 0 Å². The van der Waals surface area contributed by atoms with E-state index in [1.807, 2.05) is 0 Å². The minimum absolute atomic E-state index is 0.129. The Morgan fingerprint density at radius 1 is 0.756 bits per heavy atom. The summed E-state index contributed by atoms with van der Waals surface area (Å²) in [4.78, 5) is 0. The first-order valence-electron chi connectivity index (χ1n) is 15.3. The van der Waals surface area contributed by atoms with Gasteiger partial charge in [0, 0.05) is 0 Å². The Labute approximate surface area is 260 Å². The Kier molecular flexibility index (Phi) is 8.43. The number of rotatable bonds is 8. The number of benzene rings is 4. The standard InChI is InChI=1S/C25H31.C12H9Si.2ClH.Zr/c1-6-7-10-19-15-20-13-14-22(18(4)5)25(24(20)16-19)23-12-9-8-11-21(23)17(2)3;1-3-7-11-9(5-1)10-6-2-4-8-12(10)13-11;;;/h8-9,11-18H,6-7,10H2,1-5H3;1-7H,13H2;2*1H;/q;;;;+2/p-2. The third-order valence-corrected chi connectivity index (χ3v) is 23.5. The van der Waals surface area contributed by atoms with Crippen LogP contribution in [0.1, 0.15) is 91.6 Å². The third-order valence-electron chi connectivity index (χ3n) is 9.19. The molecule has 4 heteroatoms. The molecule has 4 aromatic carbocycles. The zero-order valence-corrected chi connectivity index (χ0v) is 30.3. The van der Waals surface area contributed by atoms with Crippen molar-refractivity contribution >= 4 is 46.3 Å². The summed E-state index contributed by atoms with van der Waals surface area (Å²) in [5, 5.41) is 3.02. The predicted octanol–water partition coefficient (Wildman–Crippen LogP) is 9.12. The van der Waals surface area contributed by atoms with Crippen molar-refractivity contribution < 1.29 is 17.9 Å². The average molecular weight is 675 g/mol. The van der Waals surface area contributed by atoms with E-state index in [9.17, 15) is 0 Å². The molecule has 0 saturated heterocycles. The Hall–Kier alpha value is -1.70. The monoisotopic (exact) mass is 672 g/mol. The molecule has 4 aromatic rings. The third kappa shape index (κ3) is 5.12. The number of allylic oxidation sites excluding steroid dienone is 1. The van der Waals surface area contributed by atoms with Gasteiger partial charge in [-0.1, -0.05) is 0 Å². The molecule has 1 aliphatic carbocycles. The van der Waals surface area contributed by atoms with Gasteiger partial charge >= 0.3 is 262 Å². The minimum atomic E-state index is -3.99. The van der Waals surface area contributed by atoms with E-state index in [1.54, 1.807) is 0 Å². The van der Waals surface area contributed by atoms with Crippen LogP contribution in [0.4, 0.5) is 0 Å². The van der Waals surface area contributed by atoms with Gasteiger partial charge in [-0.05, 0) is 0 Å². The van der Waals surface area contributed by atoms with Crippen molar-refractivity contribution in [2.75, 3.05) is 0 Å². The van der Waals surface area contributed by atoms with Gasteiger partial charge in [0.05, 0.1) is 0 Å². The molecule has 0 amide bonds. The Morgan fingerprint density at radius 2 is 1.44 bits per heavy atom. The van der Waals surface area contributed by atoms with Crippen LogP contribution in [0.3, 0.4) is 0 Å². The Bertz CT molecular complexity index is 1650. The van der Waals surface area contributed by atoms with Crippen LogP contribution in [0.15, 0.2) is 84.4 Å². The quantitative estimate of drug-likeness (QED) is 0.144. The number of fused-ring (bicyclic) bond motifs is 4. The van der Waals surface area contributed by atoms with Crippen LogP contribution in [-0.4, -0.2) is 9.52 Å². The molecule has 0 bridgehead atoms. The molecule has 1 unspecified atom stereocenters. The topological polar surface area (TPSA) is 0 Å². The van der Waals surface area contributed by atoms with Gasteiger partial charge in [0.15, 0.2) is 0 Å². The summed E-state index contributed by atoms with van der Waals surface area (Å²) in [6, 6.07) is 29.5. The molecular weight excluding hydrogens is 635 g/mol. The van der Waals surface area contributed by atoms with E-state index >= 15 is 0 Å². The molecule has 1 aliphatic heterocycles. The van der Waals surface area contributed by atoms with Crippen LogP contribution in [0, 0.1) is 0 Å². The van der Waals surface area contributed by atoms with Crippen LogP contribution in [-0.2, 0) is 17.9 Å². The van der Waals surface area contributed by atoms with Gasteiger partial charge in [-0.25, -0.2) is 0 Å². The number of halogens is 2. The molecule has 6 rings (SSSR count). The molecule has 0 aromatic heterocycles. The van der Waals surface area contributed by atoms with Crippen LogP contribution >= 0.6 is 17.0 Å². The van der Waals surface area contributed by atoms with Gasteiger partial charge in [-0.15, -0.1) is 0 Å². The van der Waals surface area contributed by atoms with E-state index in [0.29, 0.717) is 11.8 Å². The summed E-state index contributed by atoms with van der Waals surface area (Å²) in [6.07, 6.45) is 5.90. The second kappa shape index (κ2) is 11.8. The van der Waals surface area contributed by atoms with Gasteiger partial charge in [-0.2, -0.15) is 0 Å². The van der Waals surface area contributed by atoms with Crippen LogP contribution in [0.25, 0.3) is 28.3 Å². The fourth-order valence-electron chi connectivity index (χ4n) is 7.19. The summed E-state index contributed by atoms with van der Waals surface area (Å²) in [5.74, 6) is 0.866. The number of hydrogen-bond acceptors (Lipinski definition) is 0. The second-order valence-corrected chi connectivity index (χ2v) is 28.3. The molecule has 0 fully saturated rings. The van der Waals surface area contributed by atoms with E-state index in [2.05, 4.69) is 120 Å².